The van der Waals surface area contributed by atoms with Crippen LogP contribution in [0.3, 0.4) is 0 Å². The molecule has 0 bridgehead atoms. The summed E-state index contributed by atoms with van der Waals surface area (Å²) in [5, 5.41) is 0. The molecule has 0 atom stereocenters. The van der Waals surface area contributed by atoms with E-state index in [-0.39, 0.29) is 5.82 Å². The van der Waals surface area contributed by atoms with Gasteiger partial charge in [-0.25, -0.2) is 9.37 Å². The lowest BCUT2D eigenvalue weighted by atomic mass is 10.0. The second-order valence-corrected chi connectivity index (χ2v) is 8.13. The molecule has 0 amide bonds. The molecule has 2 aromatic carbocycles. The zero-order valence-corrected chi connectivity index (χ0v) is 18.0. The fraction of sp³-hybridized carbons (Fsp3) is 0.111. The number of pyridine rings is 2. The number of benzene rings is 2. The van der Waals surface area contributed by atoms with E-state index in [0.717, 1.165) is 29.0 Å². The van der Waals surface area contributed by atoms with Gasteiger partial charge < -0.3 is 4.90 Å². The molecule has 3 aromatic heterocycles. The molecule has 0 fully saturated rings. The minimum Gasteiger partial charge on any atom is -0.305 e. The van der Waals surface area contributed by atoms with Crippen molar-refractivity contribution in [3.8, 4) is 33.6 Å². The highest BCUT2D eigenvalue weighted by Crippen LogP contribution is 2.28. The van der Waals surface area contributed by atoms with Gasteiger partial charge in [-0.2, -0.15) is 0 Å². The van der Waals surface area contributed by atoms with Gasteiger partial charge in [-0.05, 0) is 73.3 Å². The average Bonchev–Trinajstić information content (AvgIpc) is 3.22. The standard InChI is InChI=1S/C27H23FN4/c1-31(2)18-19-6-5-7-20(14-19)21-11-13-32-26(17-30-27(32)16-21)22-10-12-29-25(15-22)23-8-3-4-9-24(23)28/h3-17H,18H2,1-2H3. The molecule has 158 valence electrons. The predicted octanol–water partition coefficient (Wildman–Crippen LogP) is 5.93. The van der Waals surface area contributed by atoms with Crippen molar-refractivity contribution < 1.29 is 4.39 Å². The molecular weight excluding hydrogens is 399 g/mol. The maximum atomic E-state index is 14.2. The Morgan fingerprint density at radius 1 is 0.844 bits per heavy atom. The van der Waals surface area contributed by atoms with Crippen LogP contribution in [0.25, 0.3) is 39.3 Å². The third kappa shape index (κ3) is 3.90. The first-order valence-electron chi connectivity index (χ1n) is 10.5. The van der Waals surface area contributed by atoms with Gasteiger partial charge >= 0.3 is 0 Å². The van der Waals surface area contributed by atoms with Gasteiger partial charge in [-0.3, -0.25) is 9.38 Å². The maximum Gasteiger partial charge on any atom is 0.137 e. The number of halogens is 1. The van der Waals surface area contributed by atoms with Gasteiger partial charge in [0, 0.05) is 30.1 Å². The van der Waals surface area contributed by atoms with Crippen LogP contribution in [-0.2, 0) is 6.54 Å². The zero-order chi connectivity index (χ0) is 22.1. The third-order valence-electron chi connectivity index (χ3n) is 5.48. The van der Waals surface area contributed by atoms with E-state index >= 15 is 0 Å². The smallest absolute Gasteiger partial charge is 0.137 e. The molecule has 4 nitrogen and oxygen atoms in total. The first-order chi connectivity index (χ1) is 15.6. The predicted molar refractivity (Wildman–Crippen MR) is 127 cm³/mol. The number of nitrogens with zero attached hydrogens (tertiary/aromatic N) is 4. The lowest BCUT2D eigenvalue weighted by Crippen LogP contribution is -2.10. The summed E-state index contributed by atoms with van der Waals surface area (Å²) in [4.78, 5) is 11.2. The molecule has 0 spiro atoms. The quantitative estimate of drug-likeness (QED) is 0.352. The van der Waals surface area contributed by atoms with Crippen LogP contribution >= 0.6 is 0 Å². The van der Waals surface area contributed by atoms with E-state index in [1.54, 1.807) is 18.3 Å². The summed E-state index contributed by atoms with van der Waals surface area (Å²) in [6.45, 7) is 0.899. The van der Waals surface area contributed by atoms with Gasteiger partial charge in [0.25, 0.3) is 0 Å². The van der Waals surface area contributed by atoms with Gasteiger partial charge in [-0.1, -0.05) is 30.3 Å². The maximum absolute atomic E-state index is 14.2. The Balaban J connectivity index is 1.52. The third-order valence-corrected chi connectivity index (χ3v) is 5.48. The Kier molecular flexibility index (Phi) is 5.25. The van der Waals surface area contributed by atoms with Crippen molar-refractivity contribution in [1.82, 2.24) is 19.3 Å². The normalized spacial score (nSPS) is 11.4. The van der Waals surface area contributed by atoms with E-state index in [4.69, 9.17) is 0 Å². The fourth-order valence-corrected chi connectivity index (χ4v) is 3.99. The highest BCUT2D eigenvalue weighted by Gasteiger charge is 2.11. The van der Waals surface area contributed by atoms with Crippen LogP contribution in [0.2, 0.25) is 0 Å². The molecule has 3 heterocycles. The van der Waals surface area contributed by atoms with E-state index in [1.807, 2.05) is 35.0 Å². The summed E-state index contributed by atoms with van der Waals surface area (Å²) in [5.41, 5.74) is 7.39. The van der Waals surface area contributed by atoms with Gasteiger partial charge in [0.05, 0.1) is 17.6 Å². The van der Waals surface area contributed by atoms with Crippen molar-refractivity contribution in [3.05, 3.63) is 103 Å². The number of hydrogen-bond acceptors (Lipinski definition) is 3. The first kappa shape index (κ1) is 20.1. The molecule has 0 saturated carbocycles. The van der Waals surface area contributed by atoms with Gasteiger partial charge in [0.15, 0.2) is 0 Å². The molecule has 0 radical (unpaired) electrons. The van der Waals surface area contributed by atoms with Crippen LogP contribution in [0.5, 0.6) is 0 Å². The molecule has 0 N–H and O–H groups in total. The number of imidazole rings is 1. The Morgan fingerprint density at radius 3 is 2.53 bits per heavy atom. The van der Waals surface area contributed by atoms with Crippen molar-refractivity contribution in [2.24, 2.45) is 0 Å². The zero-order valence-electron chi connectivity index (χ0n) is 18.0. The summed E-state index contributed by atoms with van der Waals surface area (Å²) in [6, 6.07) is 23.3. The van der Waals surface area contributed by atoms with Crippen LogP contribution < -0.4 is 0 Å². The van der Waals surface area contributed by atoms with E-state index in [2.05, 4.69) is 65.4 Å². The van der Waals surface area contributed by atoms with Crippen molar-refractivity contribution in [1.29, 1.82) is 0 Å². The topological polar surface area (TPSA) is 33.4 Å². The van der Waals surface area contributed by atoms with Crippen LogP contribution in [0.1, 0.15) is 5.56 Å². The summed E-state index contributed by atoms with van der Waals surface area (Å²) >= 11 is 0. The molecule has 5 rings (SSSR count). The second-order valence-electron chi connectivity index (χ2n) is 8.13. The van der Waals surface area contributed by atoms with Crippen LogP contribution in [0.4, 0.5) is 4.39 Å². The molecule has 5 heteroatoms. The Morgan fingerprint density at radius 2 is 1.69 bits per heavy atom. The molecular formula is C27H23FN4. The van der Waals surface area contributed by atoms with Crippen LogP contribution in [-0.4, -0.2) is 33.4 Å². The largest absolute Gasteiger partial charge is 0.305 e. The van der Waals surface area contributed by atoms with Gasteiger partial charge in [0.1, 0.15) is 11.5 Å². The molecule has 0 aliphatic carbocycles. The highest BCUT2D eigenvalue weighted by atomic mass is 19.1. The van der Waals surface area contributed by atoms with Gasteiger partial charge in [-0.15, -0.1) is 0 Å². The first-order valence-corrected chi connectivity index (χ1v) is 10.5. The molecule has 0 unspecified atom stereocenters. The SMILES string of the molecule is CN(C)Cc1cccc(-c2ccn3c(-c4ccnc(-c5ccccc5F)c4)cnc3c2)c1. The lowest BCUT2D eigenvalue weighted by molar-refractivity contribution is 0.402. The van der Waals surface area contributed by atoms with E-state index < -0.39 is 0 Å². The molecule has 0 saturated heterocycles. The number of rotatable bonds is 5. The molecule has 0 aliphatic heterocycles. The summed E-state index contributed by atoms with van der Waals surface area (Å²) in [6.07, 6.45) is 5.60. The van der Waals surface area contributed by atoms with E-state index in [1.165, 1.54) is 17.2 Å². The Hall–Kier alpha value is -3.83. The summed E-state index contributed by atoms with van der Waals surface area (Å²) < 4.78 is 16.3. The van der Waals surface area contributed by atoms with Crippen molar-refractivity contribution in [3.63, 3.8) is 0 Å². The minimum atomic E-state index is -0.281. The lowest BCUT2D eigenvalue weighted by Gasteiger charge is -2.11. The summed E-state index contributed by atoms with van der Waals surface area (Å²) in [7, 11) is 4.14. The van der Waals surface area contributed by atoms with Crippen LogP contribution in [0, 0.1) is 5.82 Å². The highest BCUT2D eigenvalue weighted by molar-refractivity contribution is 5.73. The van der Waals surface area contributed by atoms with E-state index in [0.29, 0.717) is 11.3 Å². The molecule has 32 heavy (non-hydrogen) atoms. The second kappa shape index (κ2) is 8.36. The molecule has 0 aliphatic rings. The fourth-order valence-electron chi connectivity index (χ4n) is 3.99. The number of hydrogen-bond donors (Lipinski definition) is 0. The van der Waals surface area contributed by atoms with Crippen molar-refractivity contribution >= 4 is 5.65 Å². The number of aromatic nitrogens is 3. The van der Waals surface area contributed by atoms with Crippen LogP contribution in [0.15, 0.2) is 91.4 Å². The van der Waals surface area contributed by atoms with Crippen molar-refractivity contribution in [2.75, 3.05) is 14.1 Å². The minimum absolute atomic E-state index is 0.281. The molecule has 5 aromatic rings. The van der Waals surface area contributed by atoms with Gasteiger partial charge in [0.2, 0.25) is 0 Å². The Labute approximate surface area is 186 Å². The number of fused-ring (bicyclic) bond motifs is 1. The van der Waals surface area contributed by atoms with Crippen molar-refractivity contribution in [2.45, 2.75) is 6.54 Å². The average molecular weight is 423 g/mol. The van der Waals surface area contributed by atoms with E-state index in [9.17, 15) is 4.39 Å². The monoisotopic (exact) mass is 422 g/mol. The Bertz CT molecular complexity index is 1400. The summed E-state index contributed by atoms with van der Waals surface area (Å²) in [5.74, 6) is -0.281.